The van der Waals surface area contributed by atoms with Gasteiger partial charge in [-0.2, -0.15) is 0 Å². The summed E-state index contributed by atoms with van der Waals surface area (Å²) >= 11 is 0. The van der Waals surface area contributed by atoms with Crippen molar-refractivity contribution in [3.8, 4) is 5.75 Å². The summed E-state index contributed by atoms with van der Waals surface area (Å²) in [7, 11) is 3.48. The van der Waals surface area contributed by atoms with Gasteiger partial charge in [-0.15, -0.1) is 0 Å². The Bertz CT molecular complexity index is 353. The van der Waals surface area contributed by atoms with Gasteiger partial charge in [-0.3, -0.25) is 0 Å². The van der Waals surface area contributed by atoms with E-state index in [9.17, 15) is 0 Å². The fraction of sp³-hybridized carbons (Fsp3) is 0.625. The fourth-order valence-electron chi connectivity index (χ4n) is 2.14. The van der Waals surface area contributed by atoms with Crippen molar-refractivity contribution in [2.24, 2.45) is 0 Å². The van der Waals surface area contributed by atoms with Crippen LogP contribution in [0, 0.1) is 6.92 Å². The van der Waals surface area contributed by atoms with E-state index in [4.69, 9.17) is 9.47 Å². The lowest BCUT2D eigenvalue weighted by Crippen LogP contribution is -2.20. The molecule has 0 saturated heterocycles. The minimum Gasteiger partial charge on any atom is -0.496 e. The maximum Gasteiger partial charge on any atom is 0.122 e. The summed E-state index contributed by atoms with van der Waals surface area (Å²) in [6.07, 6.45) is 4.78. The van der Waals surface area contributed by atoms with Gasteiger partial charge < -0.3 is 14.8 Å². The van der Waals surface area contributed by atoms with Gasteiger partial charge in [0.25, 0.3) is 0 Å². The van der Waals surface area contributed by atoms with Gasteiger partial charge in [0.2, 0.25) is 0 Å². The third kappa shape index (κ3) is 6.60. The maximum atomic E-state index is 5.40. The van der Waals surface area contributed by atoms with Crippen LogP contribution >= 0.6 is 0 Å². The molecule has 3 heteroatoms. The highest BCUT2D eigenvalue weighted by Gasteiger charge is 2.02. The molecule has 0 bridgehead atoms. The van der Waals surface area contributed by atoms with Gasteiger partial charge in [0.15, 0.2) is 0 Å². The van der Waals surface area contributed by atoms with Crippen molar-refractivity contribution < 1.29 is 9.47 Å². The summed E-state index contributed by atoms with van der Waals surface area (Å²) in [5, 5.41) is 3.37. The van der Waals surface area contributed by atoms with Crippen LogP contribution < -0.4 is 10.1 Å². The molecule has 0 heterocycles. The van der Waals surface area contributed by atoms with Crippen molar-refractivity contribution >= 4 is 0 Å². The first kappa shape index (κ1) is 16.0. The fourth-order valence-corrected chi connectivity index (χ4v) is 2.14. The molecule has 0 atom stereocenters. The van der Waals surface area contributed by atoms with Gasteiger partial charge in [-0.25, -0.2) is 0 Å². The van der Waals surface area contributed by atoms with Crippen molar-refractivity contribution in [3.63, 3.8) is 0 Å². The van der Waals surface area contributed by atoms with Crippen LogP contribution in [-0.4, -0.2) is 33.9 Å². The zero-order valence-corrected chi connectivity index (χ0v) is 12.5. The topological polar surface area (TPSA) is 30.5 Å². The van der Waals surface area contributed by atoms with E-state index in [1.54, 1.807) is 14.2 Å². The number of ether oxygens (including phenoxy) is 2. The lowest BCUT2D eigenvalue weighted by Gasteiger charge is -2.09. The second-order valence-corrected chi connectivity index (χ2v) is 4.87. The Kier molecular flexibility index (Phi) is 8.26. The molecular weight excluding hydrogens is 238 g/mol. The minimum absolute atomic E-state index is 0.792. The molecule has 0 aliphatic heterocycles. The first-order valence-corrected chi connectivity index (χ1v) is 7.11. The molecule has 0 radical (unpaired) electrons. The van der Waals surface area contributed by atoms with Crippen LogP contribution in [0.2, 0.25) is 0 Å². The molecule has 108 valence electrons. The van der Waals surface area contributed by atoms with E-state index < -0.39 is 0 Å². The monoisotopic (exact) mass is 265 g/mol. The molecule has 3 nitrogen and oxygen atoms in total. The summed E-state index contributed by atoms with van der Waals surface area (Å²) in [4.78, 5) is 0. The molecule has 1 aromatic carbocycles. The van der Waals surface area contributed by atoms with E-state index in [-0.39, 0.29) is 0 Å². The minimum atomic E-state index is 0.792. The summed E-state index contributed by atoms with van der Waals surface area (Å²) in [5.74, 6) is 1.02. The summed E-state index contributed by atoms with van der Waals surface area (Å²) in [6.45, 7) is 4.94. The van der Waals surface area contributed by atoms with Gasteiger partial charge in [-0.1, -0.05) is 24.1 Å². The van der Waals surface area contributed by atoms with Gasteiger partial charge >= 0.3 is 0 Å². The first-order valence-electron chi connectivity index (χ1n) is 7.11. The molecule has 0 saturated carbocycles. The van der Waals surface area contributed by atoms with Crippen molar-refractivity contribution in [3.05, 3.63) is 29.3 Å². The molecule has 1 aromatic rings. The quantitative estimate of drug-likeness (QED) is 0.660. The van der Waals surface area contributed by atoms with Gasteiger partial charge in [0, 0.05) is 13.7 Å². The Morgan fingerprint density at radius 3 is 2.63 bits per heavy atom. The van der Waals surface area contributed by atoms with Crippen molar-refractivity contribution in [2.45, 2.75) is 32.6 Å². The Balaban J connectivity index is 2.17. The Morgan fingerprint density at radius 2 is 1.89 bits per heavy atom. The van der Waals surface area contributed by atoms with Crippen molar-refractivity contribution in [2.75, 3.05) is 33.9 Å². The van der Waals surface area contributed by atoms with E-state index in [2.05, 4.69) is 30.4 Å². The molecule has 1 N–H and O–H groups in total. The SMILES string of the molecule is COCCNCCCCCc1cc(C)ccc1OC. The highest BCUT2D eigenvalue weighted by Crippen LogP contribution is 2.21. The molecule has 0 amide bonds. The smallest absolute Gasteiger partial charge is 0.122 e. The first-order chi connectivity index (χ1) is 9.27. The van der Waals surface area contributed by atoms with Crippen LogP contribution in [0.3, 0.4) is 0 Å². The molecule has 0 aliphatic carbocycles. The van der Waals surface area contributed by atoms with Crippen LogP contribution in [0.1, 0.15) is 30.4 Å². The van der Waals surface area contributed by atoms with Crippen LogP contribution in [0.15, 0.2) is 18.2 Å². The predicted octanol–water partition coefficient (Wildman–Crippen LogP) is 2.95. The molecule has 0 fully saturated rings. The largest absolute Gasteiger partial charge is 0.496 e. The number of hydrogen-bond donors (Lipinski definition) is 1. The number of unbranched alkanes of at least 4 members (excludes halogenated alkanes) is 2. The summed E-state index contributed by atoms with van der Waals surface area (Å²) < 4.78 is 10.4. The third-order valence-electron chi connectivity index (χ3n) is 3.22. The summed E-state index contributed by atoms with van der Waals surface area (Å²) in [6, 6.07) is 6.40. The Labute approximate surface area is 117 Å². The third-order valence-corrected chi connectivity index (χ3v) is 3.22. The summed E-state index contributed by atoms with van der Waals surface area (Å²) in [5.41, 5.74) is 2.63. The van der Waals surface area contributed by atoms with Crippen molar-refractivity contribution in [1.29, 1.82) is 0 Å². The Morgan fingerprint density at radius 1 is 1.05 bits per heavy atom. The van der Waals surface area contributed by atoms with Gasteiger partial charge in [0.05, 0.1) is 13.7 Å². The lowest BCUT2D eigenvalue weighted by molar-refractivity contribution is 0.199. The molecule has 0 unspecified atom stereocenters. The molecule has 0 aromatic heterocycles. The number of benzene rings is 1. The average molecular weight is 265 g/mol. The van der Waals surface area contributed by atoms with E-state index in [1.807, 2.05) is 0 Å². The van der Waals surface area contributed by atoms with E-state index in [0.717, 1.165) is 31.9 Å². The predicted molar refractivity (Wildman–Crippen MR) is 80.0 cm³/mol. The van der Waals surface area contributed by atoms with Gasteiger partial charge in [0.1, 0.15) is 5.75 Å². The van der Waals surface area contributed by atoms with Crippen LogP contribution in [0.5, 0.6) is 5.75 Å². The number of hydrogen-bond acceptors (Lipinski definition) is 3. The zero-order chi connectivity index (χ0) is 13.9. The normalized spacial score (nSPS) is 10.7. The molecule has 19 heavy (non-hydrogen) atoms. The standard InChI is InChI=1S/C16H27NO2/c1-14-8-9-16(19-3)15(13-14)7-5-4-6-10-17-11-12-18-2/h8-9,13,17H,4-7,10-12H2,1-3H3. The van der Waals surface area contributed by atoms with Gasteiger partial charge in [-0.05, 0) is 44.4 Å². The highest BCUT2D eigenvalue weighted by molar-refractivity contribution is 5.36. The average Bonchev–Trinajstić information content (AvgIpc) is 2.42. The molecule has 0 aliphatic rings. The molecule has 0 spiro atoms. The van der Waals surface area contributed by atoms with Crippen LogP contribution in [0.25, 0.3) is 0 Å². The zero-order valence-electron chi connectivity index (χ0n) is 12.5. The number of nitrogens with one attached hydrogen (secondary N) is 1. The number of rotatable bonds is 10. The van der Waals surface area contributed by atoms with Crippen LogP contribution in [0.4, 0.5) is 0 Å². The molecule has 1 rings (SSSR count). The second kappa shape index (κ2) is 9.82. The van der Waals surface area contributed by atoms with E-state index in [1.165, 1.54) is 30.4 Å². The molecular formula is C16H27NO2. The van der Waals surface area contributed by atoms with Crippen molar-refractivity contribution in [1.82, 2.24) is 5.32 Å². The lowest BCUT2D eigenvalue weighted by atomic mass is 10.0. The maximum absolute atomic E-state index is 5.40. The van der Waals surface area contributed by atoms with Crippen LogP contribution in [-0.2, 0) is 11.2 Å². The number of methoxy groups -OCH3 is 2. The Hall–Kier alpha value is -1.06. The second-order valence-electron chi connectivity index (χ2n) is 4.87. The number of aryl methyl sites for hydroxylation is 2. The highest BCUT2D eigenvalue weighted by atomic mass is 16.5. The van der Waals surface area contributed by atoms with E-state index in [0.29, 0.717) is 0 Å². The van der Waals surface area contributed by atoms with E-state index >= 15 is 0 Å².